The molecule has 5 N–H and O–H groups in total. The van der Waals surface area contributed by atoms with Crippen LogP contribution in [-0.4, -0.2) is 16.1 Å². The van der Waals surface area contributed by atoms with Crippen molar-refractivity contribution in [2.24, 2.45) is 16.0 Å². The number of guanidine groups is 1. The average molecular weight is 231 g/mol. The van der Waals surface area contributed by atoms with Crippen LogP contribution >= 0.6 is 0 Å². The first-order valence-electron chi connectivity index (χ1n) is 5.21. The number of H-pyrrole nitrogens is 1. The lowest BCUT2D eigenvalue weighted by Gasteiger charge is -1.96. The van der Waals surface area contributed by atoms with Gasteiger partial charge in [-0.05, 0) is 24.1 Å². The van der Waals surface area contributed by atoms with Crippen LogP contribution in [-0.2, 0) is 6.42 Å². The second-order valence-electron chi connectivity index (χ2n) is 3.64. The molecule has 0 unspecified atom stereocenters. The first-order valence-corrected chi connectivity index (χ1v) is 5.21. The molecule has 0 bridgehead atoms. The van der Waals surface area contributed by atoms with E-state index in [-0.39, 0.29) is 5.88 Å². The Labute approximate surface area is 97.7 Å². The maximum Gasteiger partial charge on any atom is 0.232 e. The van der Waals surface area contributed by atoms with Crippen LogP contribution < -0.4 is 5.73 Å². The molecule has 1 aromatic heterocycles. The number of azo groups is 1. The van der Waals surface area contributed by atoms with Crippen molar-refractivity contribution < 1.29 is 5.11 Å². The van der Waals surface area contributed by atoms with Crippen molar-refractivity contribution in [1.29, 1.82) is 5.41 Å². The Morgan fingerprint density at radius 3 is 2.94 bits per heavy atom. The predicted molar refractivity (Wildman–Crippen MR) is 65.8 cm³/mol. The lowest BCUT2D eigenvalue weighted by atomic mass is 10.1. The fourth-order valence-electron chi connectivity index (χ4n) is 1.64. The quantitative estimate of drug-likeness (QED) is 0.361. The summed E-state index contributed by atoms with van der Waals surface area (Å²) < 4.78 is 0. The summed E-state index contributed by atoms with van der Waals surface area (Å²) in [4.78, 5) is 2.79. The number of nitrogens with one attached hydrogen (secondary N) is 2. The third kappa shape index (κ3) is 2.10. The monoisotopic (exact) mass is 231 g/mol. The Morgan fingerprint density at radius 2 is 2.29 bits per heavy atom. The molecule has 2 aromatic rings. The van der Waals surface area contributed by atoms with Gasteiger partial charge in [0.15, 0.2) is 5.69 Å². The van der Waals surface area contributed by atoms with Gasteiger partial charge in [-0.15, -0.1) is 10.2 Å². The summed E-state index contributed by atoms with van der Waals surface area (Å²) in [6.45, 7) is 2.05. The van der Waals surface area contributed by atoms with Crippen molar-refractivity contribution in [3.8, 4) is 5.88 Å². The molecule has 0 aliphatic rings. The minimum Gasteiger partial charge on any atom is -0.493 e. The van der Waals surface area contributed by atoms with E-state index in [2.05, 4.69) is 15.2 Å². The highest BCUT2D eigenvalue weighted by molar-refractivity contribution is 5.94. The van der Waals surface area contributed by atoms with Crippen molar-refractivity contribution in [2.75, 3.05) is 0 Å². The van der Waals surface area contributed by atoms with Crippen LogP contribution in [0.3, 0.4) is 0 Å². The van der Waals surface area contributed by atoms with Gasteiger partial charge in [0.2, 0.25) is 11.8 Å². The molecule has 0 radical (unpaired) electrons. The van der Waals surface area contributed by atoms with Gasteiger partial charge in [0, 0.05) is 5.39 Å². The van der Waals surface area contributed by atoms with Gasteiger partial charge in [0.25, 0.3) is 0 Å². The number of aromatic hydroxyl groups is 1. The molecule has 6 heteroatoms. The van der Waals surface area contributed by atoms with Crippen LogP contribution in [0.2, 0.25) is 0 Å². The van der Waals surface area contributed by atoms with Gasteiger partial charge in [-0.3, -0.25) is 5.41 Å². The SMILES string of the molecule is CCc1ccc2[nH]c(O)c(N=NC(=N)N)c2c1. The average Bonchev–Trinajstić information content (AvgIpc) is 2.61. The molecule has 17 heavy (non-hydrogen) atoms. The molecule has 0 atom stereocenters. The number of aryl methyl sites for hydroxylation is 1. The molecule has 0 spiro atoms. The van der Waals surface area contributed by atoms with E-state index >= 15 is 0 Å². The van der Waals surface area contributed by atoms with Gasteiger partial charge in [-0.2, -0.15) is 0 Å². The molecule has 0 amide bonds. The normalized spacial score (nSPS) is 11.4. The van der Waals surface area contributed by atoms with Crippen LogP contribution in [0.25, 0.3) is 10.9 Å². The standard InChI is InChI=1S/C11H13N5O/c1-2-6-3-4-8-7(5-6)9(10(17)14-8)15-16-11(12)13/h3-5,14,17H,2H2,1H3,(H3,12,13). The largest absolute Gasteiger partial charge is 0.493 e. The maximum atomic E-state index is 9.69. The van der Waals surface area contributed by atoms with E-state index in [1.54, 1.807) is 0 Å². The van der Waals surface area contributed by atoms with Crippen LogP contribution in [0.5, 0.6) is 5.88 Å². The molecule has 0 saturated carbocycles. The van der Waals surface area contributed by atoms with E-state index in [4.69, 9.17) is 11.1 Å². The number of benzene rings is 1. The number of hydrogen-bond donors (Lipinski definition) is 4. The van der Waals surface area contributed by atoms with E-state index in [0.717, 1.165) is 22.9 Å². The summed E-state index contributed by atoms with van der Waals surface area (Å²) in [7, 11) is 0. The van der Waals surface area contributed by atoms with E-state index in [0.29, 0.717) is 5.69 Å². The van der Waals surface area contributed by atoms with Crippen LogP contribution in [0.4, 0.5) is 5.69 Å². The molecular formula is C11H13N5O. The number of nitrogens with zero attached hydrogens (tertiary/aromatic N) is 2. The van der Waals surface area contributed by atoms with Crippen LogP contribution in [0, 0.1) is 5.41 Å². The maximum absolute atomic E-state index is 9.69. The Hall–Kier alpha value is -2.37. The first kappa shape index (κ1) is 11.1. The molecule has 0 fully saturated rings. The van der Waals surface area contributed by atoms with Crippen molar-refractivity contribution in [3.05, 3.63) is 23.8 Å². The number of aromatic nitrogens is 1. The highest BCUT2D eigenvalue weighted by atomic mass is 16.3. The van der Waals surface area contributed by atoms with Crippen molar-refractivity contribution >= 4 is 22.5 Å². The minimum atomic E-state index is -0.398. The Balaban J connectivity index is 2.60. The number of aromatic amines is 1. The second kappa shape index (κ2) is 4.25. The summed E-state index contributed by atoms with van der Waals surface area (Å²) in [5.74, 6) is -0.469. The van der Waals surface area contributed by atoms with Crippen molar-refractivity contribution in [1.82, 2.24) is 4.98 Å². The van der Waals surface area contributed by atoms with Gasteiger partial charge in [-0.1, -0.05) is 13.0 Å². The van der Waals surface area contributed by atoms with Gasteiger partial charge < -0.3 is 15.8 Å². The number of hydrogen-bond acceptors (Lipinski definition) is 3. The first-order chi connectivity index (χ1) is 8.11. The number of rotatable bonds is 2. The number of fused-ring (bicyclic) bond motifs is 1. The third-order valence-corrected chi connectivity index (χ3v) is 2.48. The zero-order chi connectivity index (χ0) is 12.4. The van der Waals surface area contributed by atoms with Crippen LogP contribution in [0.15, 0.2) is 28.4 Å². The van der Waals surface area contributed by atoms with Gasteiger partial charge >= 0.3 is 0 Å². The van der Waals surface area contributed by atoms with E-state index in [9.17, 15) is 5.11 Å². The molecule has 6 nitrogen and oxygen atoms in total. The molecule has 88 valence electrons. The lowest BCUT2D eigenvalue weighted by Crippen LogP contribution is -2.03. The lowest BCUT2D eigenvalue weighted by molar-refractivity contribution is 0.459. The van der Waals surface area contributed by atoms with E-state index in [1.807, 2.05) is 25.1 Å². The highest BCUT2D eigenvalue weighted by Gasteiger charge is 2.10. The molecule has 1 heterocycles. The fraction of sp³-hybridized carbons (Fsp3) is 0.182. The third-order valence-electron chi connectivity index (χ3n) is 2.48. The zero-order valence-corrected chi connectivity index (χ0v) is 9.36. The molecule has 0 saturated heterocycles. The van der Waals surface area contributed by atoms with E-state index < -0.39 is 5.96 Å². The van der Waals surface area contributed by atoms with Crippen molar-refractivity contribution in [2.45, 2.75) is 13.3 Å². The predicted octanol–water partition coefficient (Wildman–Crippen LogP) is 2.41. The molecule has 0 aliphatic heterocycles. The second-order valence-corrected chi connectivity index (χ2v) is 3.64. The topological polar surface area (TPSA) is 111 Å². The van der Waals surface area contributed by atoms with Gasteiger partial charge in [0.1, 0.15) is 0 Å². The van der Waals surface area contributed by atoms with E-state index in [1.165, 1.54) is 0 Å². The summed E-state index contributed by atoms with van der Waals surface area (Å²) in [6.07, 6.45) is 0.894. The smallest absolute Gasteiger partial charge is 0.232 e. The van der Waals surface area contributed by atoms with Gasteiger partial charge in [0.05, 0.1) is 5.52 Å². The van der Waals surface area contributed by atoms with Gasteiger partial charge in [-0.25, -0.2) is 0 Å². The highest BCUT2D eigenvalue weighted by Crippen LogP contribution is 2.35. The zero-order valence-electron chi connectivity index (χ0n) is 9.36. The minimum absolute atomic E-state index is 0.0711. The summed E-state index contributed by atoms with van der Waals surface area (Å²) in [5.41, 5.74) is 7.31. The Morgan fingerprint density at radius 1 is 1.53 bits per heavy atom. The summed E-state index contributed by atoms with van der Waals surface area (Å²) in [6, 6.07) is 5.78. The number of nitrogens with two attached hydrogens (primary N) is 1. The van der Waals surface area contributed by atoms with Crippen molar-refractivity contribution in [3.63, 3.8) is 0 Å². The fourth-order valence-corrected chi connectivity index (χ4v) is 1.64. The molecule has 2 rings (SSSR count). The van der Waals surface area contributed by atoms with Crippen LogP contribution in [0.1, 0.15) is 12.5 Å². The molecule has 1 aromatic carbocycles. The summed E-state index contributed by atoms with van der Waals surface area (Å²) >= 11 is 0. The Kier molecular flexibility index (Phi) is 2.78. The molecule has 0 aliphatic carbocycles. The molecular weight excluding hydrogens is 218 g/mol. The summed E-state index contributed by atoms with van der Waals surface area (Å²) in [5, 5.41) is 24.6. The Bertz CT molecular complexity index is 599.